The number of rotatable bonds is 9. The zero-order chi connectivity index (χ0) is 18.8. The third-order valence-corrected chi connectivity index (χ3v) is 3.83. The van der Waals surface area contributed by atoms with Crippen molar-refractivity contribution in [3.63, 3.8) is 0 Å². The van der Waals surface area contributed by atoms with Crippen LogP contribution in [-0.2, 0) is 9.59 Å². The van der Waals surface area contributed by atoms with Crippen molar-refractivity contribution in [2.24, 2.45) is 5.92 Å². The molecule has 0 aliphatic heterocycles. The van der Waals surface area contributed by atoms with E-state index in [0.717, 1.165) is 0 Å². The van der Waals surface area contributed by atoms with Crippen molar-refractivity contribution in [2.45, 2.75) is 39.2 Å². The lowest BCUT2D eigenvalue weighted by Crippen LogP contribution is -2.46. The molecule has 0 heterocycles. The van der Waals surface area contributed by atoms with Crippen molar-refractivity contribution in [1.82, 2.24) is 16.0 Å². The molecule has 6 nitrogen and oxygen atoms in total. The molecule has 3 amide bonds. The Morgan fingerprint density at radius 3 is 2.32 bits per heavy atom. The van der Waals surface area contributed by atoms with Gasteiger partial charge in [0.2, 0.25) is 11.8 Å². The molecule has 0 saturated carbocycles. The molecule has 1 aromatic rings. The molecular weight excluding hydrogens is 342 g/mol. The Kier molecular flexibility index (Phi) is 8.99. The lowest BCUT2D eigenvalue weighted by atomic mass is 10.0. The Morgan fingerprint density at radius 1 is 1.12 bits per heavy atom. The van der Waals surface area contributed by atoms with E-state index in [-0.39, 0.29) is 24.1 Å². The van der Waals surface area contributed by atoms with Crippen LogP contribution >= 0.6 is 11.6 Å². The Morgan fingerprint density at radius 2 is 1.76 bits per heavy atom. The van der Waals surface area contributed by atoms with Crippen LogP contribution in [0.5, 0.6) is 0 Å². The van der Waals surface area contributed by atoms with Crippen molar-refractivity contribution < 1.29 is 14.4 Å². The van der Waals surface area contributed by atoms with Gasteiger partial charge < -0.3 is 16.0 Å². The predicted molar refractivity (Wildman–Crippen MR) is 98.5 cm³/mol. The standard InChI is InChI=1S/C18H26ClN3O3/c1-12(2)11-15(18(25)20-3)22-16(23)5-4-10-21-17(24)13-6-8-14(19)9-7-13/h6-9,12,15H,4-5,10-11H2,1-3H3,(H,20,25)(H,21,24)(H,22,23). The molecule has 1 unspecified atom stereocenters. The number of benzene rings is 1. The monoisotopic (exact) mass is 367 g/mol. The van der Waals surface area contributed by atoms with Crippen LogP contribution in [0.25, 0.3) is 0 Å². The van der Waals surface area contributed by atoms with E-state index >= 15 is 0 Å². The maximum atomic E-state index is 12.0. The number of carbonyl (C=O) groups excluding carboxylic acids is 3. The van der Waals surface area contributed by atoms with Gasteiger partial charge in [-0.3, -0.25) is 14.4 Å². The molecule has 1 rings (SSSR count). The first-order chi connectivity index (χ1) is 11.8. The zero-order valence-corrected chi connectivity index (χ0v) is 15.7. The summed E-state index contributed by atoms with van der Waals surface area (Å²) >= 11 is 5.78. The number of hydrogen-bond acceptors (Lipinski definition) is 3. The van der Waals surface area contributed by atoms with Gasteiger partial charge in [0.25, 0.3) is 5.91 Å². The summed E-state index contributed by atoms with van der Waals surface area (Å²) in [5.74, 6) is -0.311. The van der Waals surface area contributed by atoms with Crippen LogP contribution in [0.2, 0.25) is 5.02 Å². The molecule has 0 spiro atoms. The van der Waals surface area contributed by atoms with Gasteiger partial charge in [0, 0.05) is 30.6 Å². The summed E-state index contributed by atoms with van der Waals surface area (Å²) in [6.07, 6.45) is 1.32. The SMILES string of the molecule is CNC(=O)C(CC(C)C)NC(=O)CCCNC(=O)c1ccc(Cl)cc1. The van der Waals surface area contributed by atoms with Crippen LogP contribution in [0.1, 0.15) is 43.5 Å². The maximum Gasteiger partial charge on any atom is 0.251 e. The lowest BCUT2D eigenvalue weighted by Gasteiger charge is -2.19. The first-order valence-electron chi connectivity index (χ1n) is 8.38. The molecular formula is C18H26ClN3O3. The van der Waals surface area contributed by atoms with Gasteiger partial charge in [0.15, 0.2) is 0 Å². The number of nitrogens with one attached hydrogen (secondary N) is 3. The summed E-state index contributed by atoms with van der Waals surface area (Å²) in [5.41, 5.74) is 0.519. The number of likely N-dealkylation sites (N-methyl/N-ethyl adjacent to an activating group) is 1. The van der Waals surface area contributed by atoms with Crippen molar-refractivity contribution in [3.05, 3.63) is 34.9 Å². The molecule has 3 N–H and O–H groups in total. The number of hydrogen-bond donors (Lipinski definition) is 3. The van der Waals surface area contributed by atoms with Crippen LogP contribution in [-0.4, -0.2) is 37.4 Å². The maximum absolute atomic E-state index is 12.0. The van der Waals surface area contributed by atoms with Crippen molar-refractivity contribution >= 4 is 29.3 Å². The fourth-order valence-electron chi connectivity index (χ4n) is 2.30. The van der Waals surface area contributed by atoms with Crippen LogP contribution in [0.15, 0.2) is 24.3 Å². The fraction of sp³-hybridized carbons (Fsp3) is 0.500. The lowest BCUT2D eigenvalue weighted by molar-refractivity contribution is -0.129. The Bertz CT molecular complexity index is 588. The van der Waals surface area contributed by atoms with Gasteiger partial charge in [0.1, 0.15) is 6.04 Å². The van der Waals surface area contributed by atoms with Crippen LogP contribution in [0.3, 0.4) is 0 Å². The molecule has 138 valence electrons. The predicted octanol–water partition coefficient (Wildman–Crippen LogP) is 2.13. The summed E-state index contributed by atoms with van der Waals surface area (Å²) in [6, 6.07) is 6.06. The van der Waals surface area contributed by atoms with Crippen molar-refractivity contribution in [2.75, 3.05) is 13.6 Å². The molecule has 0 aliphatic rings. The third kappa shape index (κ3) is 8.03. The summed E-state index contributed by atoms with van der Waals surface area (Å²) in [6.45, 7) is 4.37. The largest absolute Gasteiger partial charge is 0.357 e. The molecule has 0 bridgehead atoms. The zero-order valence-electron chi connectivity index (χ0n) is 14.9. The highest BCUT2D eigenvalue weighted by Gasteiger charge is 2.20. The van der Waals surface area contributed by atoms with E-state index < -0.39 is 6.04 Å². The van der Waals surface area contributed by atoms with E-state index in [4.69, 9.17) is 11.6 Å². The molecule has 0 aromatic heterocycles. The normalized spacial score (nSPS) is 11.7. The Labute approximate surface area is 153 Å². The van der Waals surface area contributed by atoms with E-state index in [0.29, 0.717) is 35.9 Å². The summed E-state index contributed by atoms with van der Waals surface area (Å²) in [7, 11) is 1.55. The van der Waals surface area contributed by atoms with Crippen LogP contribution < -0.4 is 16.0 Å². The summed E-state index contributed by atoms with van der Waals surface area (Å²) in [5, 5.41) is 8.63. The van der Waals surface area contributed by atoms with Gasteiger partial charge >= 0.3 is 0 Å². The highest BCUT2D eigenvalue weighted by molar-refractivity contribution is 6.30. The van der Waals surface area contributed by atoms with E-state index in [1.165, 1.54) is 0 Å². The number of carbonyl (C=O) groups is 3. The third-order valence-electron chi connectivity index (χ3n) is 3.58. The van der Waals surface area contributed by atoms with E-state index in [1.54, 1.807) is 31.3 Å². The quantitative estimate of drug-likeness (QED) is 0.584. The highest BCUT2D eigenvalue weighted by Crippen LogP contribution is 2.09. The molecule has 0 saturated heterocycles. The summed E-state index contributed by atoms with van der Waals surface area (Å²) in [4.78, 5) is 35.7. The van der Waals surface area contributed by atoms with Crippen LogP contribution in [0, 0.1) is 5.92 Å². The molecule has 0 aliphatic carbocycles. The first kappa shape index (κ1) is 21.0. The van der Waals surface area contributed by atoms with Gasteiger partial charge in [-0.05, 0) is 43.0 Å². The molecule has 7 heteroatoms. The second-order valence-electron chi connectivity index (χ2n) is 6.23. The molecule has 0 fully saturated rings. The Balaban J connectivity index is 2.34. The molecule has 1 atom stereocenters. The van der Waals surface area contributed by atoms with E-state index in [2.05, 4.69) is 16.0 Å². The van der Waals surface area contributed by atoms with Gasteiger partial charge in [-0.1, -0.05) is 25.4 Å². The average Bonchev–Trinajstić information content (AvgIpc) is 2.57. The number of halogens is 1. The highest BCUT2D eigenvalue weighted by atomic mass is 35.5. The smallest absolute Gasteiger partial charge is 0.251 e. The number of amides is 3. The van der Waals surface area contributed by atoms with Gasteiger partial charge in [-0.25, -0.2) is 0 Å². The van der Waals surface area contributed by atoms with Crippen LogP contribution in [0.4, 0.5) is 0 Å². The fourth-order valence-corrected chi connectivity index (χ4v) is 2.42. The minimum atomic E-state index is -0.527. The minimum absolute atomic E-state index is 0.196. The first-order valence-corrected chi connectivity index (χ1v) is 8.76. The van der Waals surface area contributed by atoms with Gasteiger partial charge in [-0.15, -0.1) is 0 Å². The molecule has 25 heavy (non-hydrogen) atoms. The molecule has 1 aromatic carbocycles. The van der Waals surface area contributed by atoms with E-state index in [9.17, 15) is 14.4 Å². The van der Waals surface area contributed by atoms with E-state index in [1.807, 2.05) is 13.8 Å². The van der Waals surface area contributed by atoms with Gasteiger partial charge in [0.05, 0.1) is 0 Å². The second-order valence-corrected chi connectivity index (χ2v) is 6.67. The summed E-state index contributed by atoms with van der Waals surface area (Å²) < 4.78 is 0. The second kappa shape index (κ2) is 10.7. The Hall–Kier alpha value is -2.08. The minimum Gasteiger partial charge on any atom is -0.357 e. The van der Waals surface area contributed by atoms with Crippen molar-refractivity contribution in [3.8, 4) is 0 Å². The topological polar surface area (TPSA) is 87.3 Å². The average molecular weight is 368 g/mol. The van der Waals surface area contributed by atoms with Gasteiger partial charge in [-0.2, -0.15) is 0 Å². The molecule has 0 radical (unpaired) electrons. The van der Waals surface area contributed by atoms with Crippen molar-refractivity contribution in [1.29, 1.82) is 0 Å².